The maximum atomic E-state index is 4.83. The van der Waals surface area contributed by atoms with E-state index in [1.165, 1.54) is 0 Å². The summed E-state index contributed by atoms with van der Waals surface area (Å²) in [6, 6.07) is 0. The van der Waals surface area contributed by atoms with Crippen LogP contribution in [0.25, 0.3) is 0 Å². The van der Waals surface area contributed by atoms with Crippen LogP contribution in [-0.4, -0.2) is 19.8 Å². The molecular weight excluding hydrogens is 80.0 g/mol. The molecule has 0 bridgehead atoms. The van der Waals surface area contributed by atoms with E-state index in [1.54, 1.807) is 0 Å². The molecule has 0 aromatic rings. The van der Waals surface area contributed by atoms with E-state index in [4.69, 9.17) is 9.47 Å². The third kappa shape index (κ3) is 0.954. The summed E-state index contributed by atoms with van der Waals surface area (Å²) in [5.41, 5.74) is 0. The lowest BCUT2D eigenvalue weighted by Gasteiger charge is -2.08. The van der Waals surface area contributed by atoms with Crippen LogP contribution in [0, 0.1) is 6.61 Å². The van der Waals surface area contributed by atoms with Gasteiger partial charge in [0.25, 0.3) is 0 Å². The van der Waals surface area contributed by atoms with Gasteiger partial charge in [0.05, 0.1) is 19.8 Å². The quantitative estimate of drug-likeness (QED) is 0.415. The molecule has 1 aliphatic rings. The van der Waals surface area contributed by atoms with Crippen LogP contribution in [0.5, 0.6) is 0 Å². The van der Waals surface area contributed by atoms with Gasteiger partial charge in [-0.15, -0.1) is 0 Å². The molecule has 0 aromatic heterocycles. The molecule has 1 fully saturated rings. The van der Waals surface area contributed by atoms with Gasteiger partial charge in [-0.2, -0.15) is 0 Å². The molecule has 2 heteroatoms. The van der Waals surface area contributed by atoms with Crippen LogP contribution in [0.15, 0.2) is 0 Å². The molecule has 0 spiro atoms. The van der Waals surface area contributed by atoms with Gasteiger partial charge in [-0.25, -0.2) is 0 Å². The van der Waals surface area contributed by atoms with E-state index in [-0.39, 0.29) is 0 Å². The topological polar surface area (TPSA) is 18.5 Å². The summed E-state index contributed by atoms with van der Waals surface area (Å²) in [5.74, 6) is 0. The van der Waals surface area contributed by atoms with Crippen LogP contribution in [0.2, 0.25) is 0 Å². The SMILES string of the molecule is [C]1COCCO1. The predicted octanol–water partition coefficient (Wildman–Crippen LogP) is 0.0720. The summed E-state index contributed by atoms with van der Waals surface area (Å²) in [7, 11) is 0. The first kappa shape index (κ1) is 4.09. The zero-order valence-electron chi connectivity index (χ0n) is 3.44. The Balaban J connectivity index is 2.00. The van der Waals surface area contributed by atoms with Crippen molar-refractivity contribution in [3.8, 4) is 0 Å². The van der Waals surface area contributed by atoms with E-state index < -0.39 is 0 Å². The molecular formula is C4H6O2. The van der Waals surface area contributed by atoms with E-state index in [9.17, 15) is 0 Å². The van der Waals surface area contributed by atoms with Gasteiger partial charge >= 0.3 is 0 Å². The van der Waals surface area contributed by atoms with Crippen LogP contribution in [0.3, 0.4) is 0 Å². The first-order valence-corrected chi connectivity index (χ1v) is 1.92. The standard InChI is InChI=1S/C4H6O2/c1-2-6-4-3-5-1/h1-3H2. The van der Waals surface area contributed by atoms with Crippen LogP contribution in [0.4, 0.5) is 0 Å². The van der Waals surface area contributed by atoms with Crippen molar-refractivity contribution in [2.45, 2.75) is 0 Å². The normalized spacial score (nSPS) is 24.0. The fourth-order valence-electron chi connectivity index (χ4n) is 0.328. The molecule has 1 rings (SSSR count). The summed E-state index contributed by atoms with van der Waals surface area (Å²) >= 11 is 0. The second-order valence-electron chi connectivity index (χ2n) is 1.05. The molecule has 0 atom stereocenters. The van der Waals surface area contributed by atoms with Crippen LogP contribution in [0.1, 0.15) is 0 Å². The zero-order chi connectivity index (χ0) is 4.24. The molecule has 1 aliphatic heterocycles. The maximum Gasteiger partial charge on any atom is 0.160 e. The average molecular weight is 86.1 g/mol. The minimum Gasteiger partial charge on any atom is -0.376 e. The Hall–Kier alpha value is -0.0800. The number of ether oxygens (including phenoxy) is 2. The number of hydrogen-bond donors (Lipinski definition) is 0. The fourth-order valence-corrected chi connectivity index (χ4v) is 0.328. The molecule has 0 amide bonds. The summed E-state index contributed by atoms with van der Waals surface area (Å²) in [6.07, 6.45) is 0. The fraction of sp³-hybridized carbons (Fsp3) is 0.750. The van der Waals surface area contributed by atoms with Gasteiger partial charge in [0.15, 0.2) is 6.61 Å². The molecule has 0 aliphatic carbocycles. The molecule has 0 unspecified atom stereocenters. The van der Waals surface area contributed by atoms with Gasteiger partial charge in [0.2, 0.25) is 0 Å². The Morgan fingerprint density at radius 2 is 2.33 bits per heavy atom. The number of rotatable bonds is 0. The van der Waals surface area contributed by atoms with E-state index >= 15 is 0 Å². The largest absolute Gasteiger partial charge is 0.376 e. The Bertz CT molecular complexity index is 21.0. The second kappa shape index (κ2) is 2.16. The smallest absolute Gasteiger partial charge is 0.160 e. The molecule has 1 saturated heterocycles. The van der Waals surface area contributed by atoms with Gasteiger partial charge in [0.1, 0.15) is 0 Å². The van der Waals surface area contributed by atoms with Crippen molar-refractivity contribution in [2.75, 3.05) is 19.8 Å². The summed E-state index contributed by atoms with van der Waals surface area (Å²) in [5, 5.41) is 0. The highest BCUT2D eigenvalue weighted by Crippen LogP contribution is 1.90. The molecule has 34 valence electrons. The van der Waals surface area contributed by atoms with E-state index in [0.29, 0.717) is 19.8 Å². The Morgan fingerprint density at radius 1 is 1.33 bits per heavy atom. The predicted molar refractivity (Wildman–Crippen MR) is 20.0 cm³/mol. The van der Waals surface area contributed by atoms with Gasteiger partial charge in [-0.1, -0.05) is 0 Å². The minimum absolute atomic E-state index is 0.528. The lowest BCUT2D eigenvalue weighted by Crippen LogP contribution is -2.12. The van der Waals surface area contributed by atoms with E-state index in [1.807, 2.05) is 0 Å². The molecule has 0 aromatic carbocycles. The second-order valence-corrected chi connectivity index (χ2v) is 1.05. The lowest BCUT2D eigenvalue weighted by atomic mass is 10.6. The van der Waals surface area contributed by atoms with E-state index in [0.717, 1.165) is 0 Å². The lowest BCUT2D eigenvalue weighted by molar-refractivity contribution is 0.00613. The van der Waals surface area contributed by atoms with Gasteiger partial charge in [0, 0.05) is 0 Å². The summed E-state index contributed by atoms with van der Waals surface area (Å²) in [6.45, 7) is 4.47. The van der Waals surface area contributed by atoms with Crippen molar-refractivity contribution >= 4 is 0 Å². The number of hydrogen-bond acceptors (Lipinski definition) is 2. The highest BCUT2D eigenvalue weighted by Gasteiger charge is 1.96. The van der Waals surface area contributed by atoms with Crippen molar-refractivity contribution in [1.29, 1.82) is 0 Å². The van der Waals surface area contributed by atoms with Crippen molar-refractivity contribution in [3.63, 3.8) is 0 Å². The van der Waals surface area contributed by atoms with Gasteiger partial charge in [-0.05, 0) is 0 Å². The third-order valence-electron chi connectivity index (χ3n) is 0.593. The highest BCUT2D eigenvalue weighted by molar-refractivity contribution is 4.51. The molecule has 0 saturated carbocycles. The van der Waals surface area contributed by atoms with Crippen molar-refractivity contribution in [1.82, 2.24) is 0 Å². The van der Waals surface area contributed by atoms with Crippen LogP contribution < -0.4 is 0 Å². The average Bonchev–Trinajstić information content (AvgIpc) is 1.72. The van der Waals surface area contributed by atoms with Crippen LogP contribution >= 0.6 is 0 Å². The van der Waals surface area contributed by atoms with Crippen molar-refractivity contribution in [3.05, 3.63) is 6.61 Å². The molecule has 2 radical (unpaired) electrons. The van der Waals surface area contributed by atoms with Crippen molar-refractivity contribution in [2.24, 2.45) is 0 Å². The van der Waals surface area contributed by atoms with Crippen LogP contribution in [-0.2, 0) is 9.47 Å². The van der Waals surface area contributed by atoms with E-state index in [2.05, 4.69) is 6.61 Å². The first-order chi connectivity index (χ1) is 3.00. The molecule has 0 N–H and O–H groups in total. The van der Waals surface area contributed by atoms with Gasteiger partial charge < -0.3 is 9.47 Å². The summed E-state index contributed by atoms with van der Waals surface area (Å²) < 4.78 is 9.53. The Labute approximate surface area is 37.1 Å². The zero-order valence-corrected chi connectivity index (χ0v) is 3.44. The minimum atomic E-state index is 0.528. The Morgan fingerprint density at radius 3 is 2.50 bits per heavy atom. The van der Waals surface area contributed by atoms with Gasteiger partial charge in [-0.3, -0.25) is 0 Å². The third-order valence-corrected chi connectivity index (χ3v) is 0.593. The monoisotopic (exact) mass is 86.0 g/mol. The van der Waals surface area contributed by atoms with Crippen molar-refractivity contribution < 1.29 is 9.47 Å². The molecule has 2 nitrogen and oxygen atoms in total. The highest BCUT2D eigenvalue weighted by atomic mass is 16.6. The Kier molecular flexibility index (Phi) is 1.47. The summed E-state index contributed by atoms with van der Waals surface area (Å²) in [4.78, 5) is 0. The molecule has 6 heavy (non-hydrogen) atoms. The first-order valence-electron chi connectivity index (χ1n) is 1.92. The molecule has 1 heterocycles. The maximum absolute atomic E-state index is 4.83.